The number of halogens is 1. The molecule has 3 N–H and O–H groups in total. The van der Waals surface area contributed by atoms with Gasteiger partial charge in [0.2, 0.25) is 0 Å². The van der Waals surface area contributed by atoms with Crippen LogP contribution in [0.4, 0.5) is 15.3 Å². The molecule has 228 valence electrons. The quantitative estimate of drug-likeness (QED) is 0.290. The van der Waals surface area contributed by atoms with E-state index in [0.717, 1.165) is 17.7 Å². The van der Waals surface area contributed by atoms with Crippen molar-refractivity contribution in [2.45, 2.75) is 37.8 Å². The van der Waals surface area contributed by atoms with Gasteiger partial charge in [-0.3, -0.25) is 4.79 Å². The number of ether oxygens (including phenoxy) is 1. The van der Waals surface area contributed by atoms with Gasteiger partial charge in [-0.15, -0.1) is 0 Å². The van der Waals surface area contributed by atoms with Crippen LogP contribution in [0.3, 0.4) is 0 Å². The molecule has 2 aliphatic rings. The van der Waals surface area contributed by atoms with Crippen LogP contribution in [-0.4, -0.2) is 101 Å². The normalized spacial score (nSPS) is 15.1. The summed E-state index contributed by atoms with van der Waals surface area (Å²) in [5.41, 5.74) is 5.02. The third-order valence-corrected chi connectivity index (χ3v) is 7.66. The lowest BCUT2D eigenvalue weighted by Crippen LogP contribution is -2.50. The molecule has 12 nitrogen and oxygen atoms in total. The Hall–Kier alpha value is -4.72. The third kappa shape index (κ3) is 9.14. The lowest BCUT2D eigenvalue weighted by atomic mass is 10.0. The van der Waals surface area contributed by atoms with Crippen molar-refractivity contribution in [3.05, 3.63) is 70.0 Å². The summed E-state index contributed by atoms with van der Waals surface area (Å²) in [5.74, 6) is 6.27. The summed E-state index contributed by atoms with van der Waals surface area (Å²) in [6.07, 6.45) is 1.09. The van der Waals surface area contributed by atoms with Gasteiger partial charge in [0.15, 0.2) is 6.10 Å². The molecule has 1 saturated heterocycles. The highest BCUT2D eigenvalue weighted by molar-refractivity contribution is 9.10. The number of carbonyl (C=O) groups excluding carboxylic acids is 3. The number of benzene rings is 2. The third-order valence-electron chi connectivity index (χ3n) is 7.02. The van der Waals surface area contributed by atoms with Crippen molar-refractivity contribution < 1.29 is 29.3 Å². The number of anilines is 1. The Bertz CT molecular complexity index is 1580. The first-order valence-corrected chi connectivity index (χ1v) is 14.8. The summed E-state index contributed by atoms with van der Waals surface area (Å²) in [6.45, 7) is 1.36. The molecule has 2 aliphatic heterocycles. The van der Waals surface area contributed by atoms with E-state index in [-0.39, 0.29) is 37.4 Å². The fraction of sp³-hybridized carbons (Fsp3) is 0.355. The number of para-hydroxylation sites is 1. The largest absolute Gasteiger partial charge is 0.507 e. The smallest absolute Gasteiger partial charge is 0.410 e. The number of amides is 4. The number of nitrogens with one attached hydrogen (secondary N) is 1. The van der Waals surface area contributed by atoms with Crippen LogP contribution in [0.15, 0.2) is 73.8 Å². The number of piperidine rings is 1. The van der Waals surface area contributed by atoms with E-state index < -0.39 is 18.1 Å². The zero-order chi connectivity index (χ0) is 31.3. The number of rotatable bonds is 8. The van der Waals surface area contributed by atoms with Gasteiger partial charge in [0.25, 0.3) is 5.91 Å². The Morgan fingerprint density at radius 1 is 1.14 bits per heavy atom. The second kappa shape index (κ2) is 16.2. The van der Waals surface area contributed by atoms with Crippen molar-refractivity contribution in [3.63, 3.8) is 0 Å². The number of hydrogen-bond acceptors (Lipinski definition) is 8. The first kappa shape index (κ1) is 32.2. The molecular formula is C31H31BrN6O6. The predicted octanol–water partition coefficient (Wildman–Crippen LogP) is 3.51. The highest BCUT2D eigenvalue weighted by atomic mass is 79.9. The second-order valence-electron chi connectivity index (χ2n) is 9.90. The average molecular weight is 664 g/mol. The van der Waals surface area contributed by atoms with Crippen LogP contribution in [0.2, 0.25) is 0 Å². The molecule has 0 saturated carbocycles. The van der Waals surface area contributed by atoms with Gasteiger partial charge in [0, 0.05) is 43.7 Å². The van der Waals surface area contributed by atoms with Crippen LogP contribution in [0.5, 0.6) is 5.75 Å². The zero-order valence-corrected chi connectivity index (χ0v) is 25.4. The van der Waals surface area contributed by atoms with Gasteiger partial charge in [0.05, 0.1) is 35.6 Å². The summed E-state index contributed by atoms with van der Waals surface area (Å²) in [7, 11) is 0. The first-order valence-electron chi connectivity index (χ1n) is 14.0. The van der Waals surface area contributed by atoms with E-state index in [2.05, 4.69) is 59.6 Å². The Labute approximate surface area is 262 Å². The molecule has 1 fully saturated rings. The number of aromatic hydroxyl groups is 1. The van der Waals surface area contributed by atoms with Gasteiger partial charge in [-0.1, -0.05) is 24.3 Å². The van der Waals surface area contributed by atoms with Crippen molar-refractivity contribution in [3.8, 4) is 5.75 Å². The summed E-state index contributed by atoms with van der Waals surface area (Å²) in [4.78, 5) is 53.5. The number of aliphatic hydroxyl groups excluding tert-OH is 1. The maximum atomic E-state index is 13.2. The van der Waals surface area contributed by atoms with E-state index in [1.165, 1.54) is 17.2 Å². The van der Waals surface area contributed by atoms with Gasteiger partial charge >= 0.3 is 12.1 Å². The van der Waals surface area contributed by atoms with Gasteiger partial charge in [-0.25, -0.2) is 14.6 Å². The molecule has 4 amide bonds. The number of aliphatic hydroxyl groups is 1. The number of fused-ring (bicyclic) bond motifs is 1. The minimum atomic E-state index is -1.28. The monoisotopic (exact) mass is 662 g/mol. The van der Waals surface area contributed by atoms with Crippen molar-refractivity contribution >= 4 is 57.3 Å². The Morgan fingerprint density at radius 3 is 2.70 bits per heavy atom. The van der Waals surface area contributed by atoms with Crippen molar-refractivity contribution in [1.82, 2.24) is 9.80 Å². The molecule has 0 aromatic heterocycles. The molecule has 2 aromatic carbocycles. The topological polar surface area (TPSA) is 156 Å². The Kier molecular flexibility index (Phi) is 11.9. The van der Waals surface area contributed by atoms with Crippen LogP contribution in [-0.2, 0) is 22.4 Å². The van der Waals surface area contributed by atoms with E-state index >= 15 is 0 Å². The predicted molar refractivity (Wildman–Crippen MR) is 168 cm³/mol. The number of aliphatic imine (C=N–C) groups is 3. The molecule has 44 heavy (non-hydrogen) atoms. The Balaban J connectivity index is 1.40. The molecule has 0 aliphatic carbocycles. The maximum absolute atomic E-state index is 13.2. The molecule has 4 rings (SSSR count). The number of carbonyl (C=O) groups is 3. The van der Waals surface area contributed by atoms with Gasteiger partial charge < -0.3 is 30.1 Å². The molecule has 0 unspecified atom stereocenters. The molecule has 0 spiro atoms. The van der Waals surface area contributed by atoms with E-state index in [1.54, 1.807) is 12.1 Å². The summed E-state index contributed by atoms with van der Waals surface area (Å²) >= 11 is 3.25. The average Bonchev–Trinajstić information content (AvgIpc) is 3.19. The van der Waals surface area contributed by atoms with Gasteiger partial charge in [-0.05, 0) is 70.2 Å². The second-order valence-corrected chi connectivity index (χ2v) is 10.8. The molecule has 13 heteroatoms. The fourth-order valence-electron chi connectivity index (χ4n) is 4.79. The highest BCUT2D eigenvalue weighted by Gasteiger charge is 2.33. The molecule has 0 bridgehead atoms. The number of urea groups is 1. The Morgan fingerprint density at radius 2 is 1.93 bits per heavy atom. The van der Waals surface area contributed by atoms with Crippen LogP contribution in [0, 0.1) is 0 Å². The molecule has 0 radical (unpaired) electrons. The first-order chi connectivity index (χ1) is 21.4. The number of phenols is 1. The van der Waals surface area contributed by atoms with E-state index in [4.69, 9.17) is 9.84 Å². The highest BCUT2D eigenvalue weighted by Crippen LogP contribution is 2.27. The minimum Gasteiger partial charge on any atom is -0.507 e. The molecule has 2 heterocycles. The molecular weight excluding hydrogens is 632 g/mol. The lowest BCUT2D eigenvalue weighted by Gasteiger charge is -2.37. The summed E-state index contributed by atoms with van der Waals surface area (Å²) < 4.78 is 6.06. The maximum Gasteiger partial charge on any atom is 0.410 e. The minimum absolute atomic E-state index is 0.000706. The standard InChI is InChI=1S/C31H31BrN6O6/c32-25-20-22(6-7-27(25)40)21-28(29(41)35-14-13-33-11-3-12-34-15-19-39)44-31(43)37-16-9-24(10-17-37)38-18-8-23-4-1-2-5-26(23)36-30(38)42/h1-2,4-7,11,20,24,28,39-40H,8-10,15-19,21H2,(H,36,42)/t28-/m1/s1. The van der Waals surface area contributed by atoms with E-state index in [9.17, 15) is 19.5 Å². The molecule has 2 aromatic rings. The van der Waals surface area contributed by atoms with Crippen LogP contribution < -0.4 is 5.32 Å². The summed E-state index contributed by atoms with van der Waals surface area (Å²) in [5, 5.41) is 21.5. The van der Waals surface area contributed by atoms with Crippen LogP contribution in [0.25, 0.3) is 0 Å². The SMILES string of the molecule is O=C(N=C=C=NC=C=C=NCCO)[C@@H](Cc1ccc(O)c(Br)c1)OC(=O)N1CCC(N2CCc3ccccc3NC2=O)CC1. The number of likely N-dealkylation sites (tertiary alicyclic amines) is 1. The van der Waals surface area contributed by atoms with Crippen LogP contribution >= 0.6 is 15.9 Å². The van der Waals surface area contributed by atoms with Crippen molar-refractivity contribution in [2.75, 3.05) is 38.1 Å². The van der Waals surface area contributed by atoms with E-state index in [0.29, 0.717) is 42.5 Å². The van der Waals surface area contributed by atoms with Gasteiger partial charge in [0.1, 0.15) is 5.75 Å². The fourth-order valence-corrected chi connectivity index (χ4v) is 5.22. The number of nitrogens with zero attached hydrogens (tertiary/aromatic N) is 5. The zero-order valence-electron chi connectivity index (χ0n) is 23.8. The van der Waals surface area contributed by atoms with Crippen molar-refractivity contribution in [2.24, 2.45) is 15.0 Å². The van der Waals surface area contributed by atoms with Gasteiger partial charge in [-0.2, -0.15) is 9.98 Å². The number of phenolic OH excluding ortho intramolecular Hbond substituents is 1. The molecule has 1 atom stereocenters. The number of hydrogen-bond donors (Lipinski definition) is 3. The van der Waals surface area contributed by atoms with Crippen molar-refractivity contribution in [1.29, 1.82) is 0 Å². The van der Waals surface area contributed by atoms with Crippen LogP contribution in [0.1, 0.15) is 24.0 Å². The summed E-state index contributed by atoms with van der Waals surface area (Å²) in [6, 6.07) is 12.2. The van der Waals surface area contributed by atoms with E-state index in [1.807, 2.05) is 29.2 Å². The lowest BCUT2D eigenvalue weighted by molar-refractivity contribution is -0.126.